The van der Waals surface area contributed by atoms with Crippen molar-refractivity contribution in [3.63, 3.8) is 0 Å². The standard InChI is InChI=1S/C19H25N3O2/c1-23-19-15(9-14-5-2-3-7-18(14)21-19)10-20-11-17-12-22-8-4-6-16(22)13-24-17/h2-3,5,7,9,16-17,20H,4,6,8,10-13H2,1H3/t16-,17+/m0/s1. The average molecular weight is 327 g/mol. The van der Waals surface area contributed by atoms with Crippen molar-refractivity contribution < 1.29 is 9.47 Å². The van der Waals surface area contributed by atoms with Gasteiger partial charge in [0, 0.05) is 36.6 Å². The van der Waals surface area contributed by atoms with Crippen LogP contribution in [0.25, 0.3) is 10.9 Å². The molecule has 0 spiro atoms. The molecule has 5 nitrogen and oxygen atoms in total. The minimum Gasteiger partial charge on any atom is -0.481 e. The number of pyridine rings is 1. The van der Waals surface area contributed by atoms with E-state index in [1.165, 1.54) is 19.4 Å². The highest BCUT2D eigenvalue weighted by molar-refractivity contribution is 5.80. The van der Waals surface area contributed by atoms with Gasteiger partial charge in [0.2, 0.25) is 5.88 Å². The fraction of sp³-hybridized carbons (Fsp3) is 0.526. The molecule has 1 aromatic carbocycles. The second kappa shape index (κ2) is 7.05. The number of fused-ring (bicyclic) bond motifs is 2. The van der Waals surface area contributed by atoms with Gasteiger partial charge in [0.15, 0.2) is 0 Å². The highest BCUT2D eigenvalue weighted by Gasteiger charge is 2.31. The number of nitrogens with one attached hydrogen (secondary N) is 1. The third kappa shape index (κ3) is 3.24. The molecule has 1 aromatic heterocycles. The van der Waals surface area contributed by atoms with Crippen molar-refractivity contribution in [2.45, 2.75) is 31.5 Å². The van der Waals surface area contributed by atoms with E-state index in [0.29, 0.717) is 11.9 Å². The molecule has 128 valence electrons. The molecule has 1 N–H and O–H groups in total. The fourth-order valence-electron chi connectivity index (χ4n) is 3.82. The maximum absolute atomic E-state index is 6.01. The molecule has 4 rings (SSSR count). The molecule has 0 radical (unpaired) electrons. The van der Waals surface area contributed by atoms with Crippen molar-refractivity contribution in [1.29, 1.82) is 0 Å². The highest BCUT2D eigenvalue weighted by Crippen LogP contribution is 2.23. The van der Waals surface area contributed by atoms with Crippen LogP contribution in [0.15, 0.2) is 30.3 Å². The summed E-state index contributed by atoms with van der Waals surface area (Å²) in [6, 6.07) is 11.0. The molecule has 24 heavy (non-hydrogen) atoms. The topological polar surface area (TPSA) is 46.6 Å². The van der Waals surface area contributed by atoms with Gasteiger partial charge < -0.3 is 14.8 Å². The van der Waals surface area contributed by atoms with Crippen LogP contribution >= 0.6 is 0 Å². The van der Waals surface area contributed by atoms with E-state index in [-0.39, 0.29) is 6.10 Å². The lowest BCUT2D eigenvalue weighted by atomic mass is 10.1. The van der Waals surface area contributed by atoms with E-state index in [4.69, 9.17) is 9.47 Å². The third-order valence-corrected chi connectivity index (χ3v) is 5.11. The predicted molar refractivity (Wildman–Crippen MR) is 94.3 cm³/mol. The van der Waals surface area contributed by atoms with Crippen LogP contribution in [0.3, 0.4) is 0 Å². The van der Waals surface area contributed by atoms with Crippen molar-refractivity contribution in [2.24, 2.45) is 0 Å². The Morgan fingerprint density at radius 3 is 3.21 bits per heavy atom. The Balaban J connectivity index is 1.38. The van der Waals surface area contributed by atoms with Crippen molar-refractivity contribution >= 4 is 10.9 Å². The normalized spacial score (nSPS) is 24.2. The number of morpholine rings is 1. The summed E-state index contributed by atoms with van der Waals surface area (Å²) in [6.07, 6.45) is 2.88. The molecule has 0 aliphatic carbocycles. The number of rotatable bonds is 5. The number of benzene rings is 1. The molecule has 3 heterocycles. The molecular weight excluding hydrogens is 302 g/mol. The molecule has 2 aliphatic heterocycles. The number of nitrogens with zero attached hydrogens (tertiary/aromatic N) is 2. The lowest BCUT2D eigenvalue weighted by Crippen LogP contribution is -2.49. The number of aromatic nitrogens is 1. The van der Waals surface area contributed by atoms with Crippen LogP contribution in [0.1, 0.15) is 18.4 Å². The van der Waals surface area contributed by atoms with Crippen LogP contribution in [0.4, 0.5) is 0 Å². The highest BCUT2D eigenvalue weighted by atomic mass is 16.5. The molecule has 0 bridgehead atoms. The number of ether oxygens (including phenoxy) is 2. The van der Waals surface area contributed by atoms with E-state index < -0.39 is 0 Å². The van der Waals surface area contributed by atoms with Crippen LogP contribution in [0, 0.1) is 0 Å². The number of hydrogen-bond acceptors (Lipinski definition) is 5. The third-order valence-electron chi connectivity index (χ3n) is 5.11. The second-order valence-corrected chi connectivity index (χ2v) is 6.73. The van der Waals surface area contributed by atoms with Gasteiger partial charge in [-0.25, -0.2) is 4.98 Å². The minimum absolute atomic E-state index is 0.277. The van der Waals surface area contributed by atoms with Crippen LogP contribution < -0.4 is 10.1 Å². The smallest absolute Gasteiger partial charge is 0.218 e. The van der Waals surface area contributed by atoms with Gasteiger partial charge in [-0.15, -0.1) is 0 Å². The zero-order valence-corrected chi connectivity index (χ0v) is 14.2. The summed E-state index contributed by atoms with van der Waals surface area (Å²) in [6.45, 7) is 4.76. The van der Waals surface area contributed by atoms with Crippen molar-refractivity contribution in [3.8, 4) is 5.88 Å². The molecule has 0 saturated carbocycles. The molecule has 0 amide bonds. The van der Waals surface area contributed by atoms with Crippen LogP contribution in [-0.2, 0) is 11.3 Å². The fourth-order valence-corrected chi connectivity index (χ4v) is 3.82. The summed E-state index contributed by atoms with van der Waals surface area (Å²) in [4.78, 5) is 7.18. The van der Waals surface area contributed by atoms with E-state index in [1.807, 2.05) is 18.2 Å². The summed E-state index contributed by atoms with van der Waals surface area (Å²) < 4.78 is 11.5. The summed E-state index contributed by atoms with van der Waals surface area (Å²) in [5.41, 5.74) is 2.06. The van der Waals surface area contributed by atoms with Gasteiger partial charge in [-0.2, -0.15) is 0 Å². The number of methoxy groups -OCH3 is 1. The first-order valence-corrected chi connectivity index (χ1v) is 8.82. The molecule has 2 aliphatic rings. The molecule has 0 unspecified atom stereocenters. The lowest BCUT2D eigenvalue weighted by Gasteiger charge is -2.35. The van der Waals surface area contributed by atoms with Crippen LogP contribution in [-0.4, -0.2) is 55.4 Å². The van der Waals surface area contributed by atoms with E-state index in [9.17, 15) is 0 Å². The maximum Gasteiger partial charge on any atom is 0.218 e. The second-order valence-electron chi connectivity index (χ2n) is 6.73. The molecule has 5 heteroatoms. The number of para-hydroxylation sites is 1. The zero-order valence-electron chi connectivity index (χ0n) is 14.2. The van der Waals surface area contributed by atoms with Gasteiger partial charge in [-0.05, 0) is 31.5 Å². The van der Waals surface area contributed by atoms with E-state index in [0.717, 1.165) is 42.7 Å². The average Bonchev–Trinajstić information content (AvgIpc) is 3.09. The molecule has 2 atom stereocenters. The van der Waals surface area contributed by atoms with Gasteiger partial charge in [0.05, 0.1) is 25.3 Å². The summed E-state index contributed by atoms with van der Waals surface area (Å²) in [7, 11) is 1.68. The predicted octanol–water partition coefficient (Wildman–Crippen LogP) is 2.20. The van der Waals surface area contributed by atoms with Gasteiger partial charge in [-0.3, -0.25) is 4.90 Å². The van der Waals surface area contributed by atoms with E-state index in [1.54, 1.807) is 7.11 Å². The van der Waals surface area contributed by atoms with Gasteiger partial charge in [0.1, 0.15) is 0 Å². The molecule has 2 fully saturated rings. The Labute approximate surface area is 143 Å². The van der Waals surface area contributed by atoms with Gasteiger partial charge in [0.25, 0.3) is 0 Å². The first kappa shape index (κ1) is 15.8. The van der Waals surface area contributed by atoms with Crippen LogP contribution in [0.2, 0.25) is 0 Å². The number of hydrogen-bond donors (Lipinski definition) is 1. The first-order valence-electron chi connectivity index (χ1n) is 8.82. The Morgan fingerprint density at radius 2 is 2.29 bits per heavy atom. The largest absolute Gasteiger partial charge is 0.481 e. The molecular formula is C19H25N3O2. The zero-order chi connectivity index (χ0) is 16.4. The van der Waals surface area contributed by atoms with Gasteiger partial charge in [-0.1, -0.05) is 18.2 Å². The minimum atomic E-state index is 0.277. The Hall–Kier alpha value is -1.69. The molecule has 2 saturated heterocycles. The van der Waals surface area contributed by atoms with Crippen LogP contribution in [0.5, 0.6) is 5.88 Å². The first-order chi connectivity index (χ1) is 11.8. The quantitative estimate of drug-likeness (QED) is 0.912. The Kier molecular flexibility index (Phi) is 4.65. The van der Waals surface area contributed by atoms with Crippen molar-refractivity contribution in [3.05, 3.63) is 35.9 Å². The molecule has 2 aromatic rings. The van der Waals surface area contributed by atoms with E-state index in [2.05, 4.69) is 27.3 Å². The summed E-state index contributed by atoms with van der Waals surface area (Å²) >= 11 is 0. The Morgan fingerprint density at radius 1 is 1.38 bits per heavy atom. The van der Waals surface area contributed by atoms with Crippen molar-refractivity contribution in [2.75, 3.05) is 33.4 Å². The maximum atomic E-state index is 6.01. The Bertz CT molecular complexity index is 706. The SMILES string of the molecule is COc1nc2ccccc2cc1CNC[C@@H]1CN2CCC[C@H]2CO1. The summed E-state index contributed by atoms with van der Waals surface area (Å²) in [5.74, 6) is 0.699. The van der Waals surface area contributed by atoms with E-state index >= 15 is 0 Å². The van der Waals surface area contributed by atoms with Gasteiger partial charge >= 0.3 is 0 Å². The van der Waals surface area contributed by atoms with Crippen molar-refractivity contribution in [1.82, 2.24) is 15.2 Å². The monoisotopic (exact) mass is 327 g/mol. The summed E-state index contributed by atoms with van der Waals surface area (Å²) in [5, 5.41) is 4.66. The lowest BCUT2D eigenvalue weighted by molar-refractivity contribution is -0.0470.